The molecular formula is C14H18N4SY-2. The van der Waals surface area contributed by atoms with Gasteiger partial charge >= 0.3 is 0 Å². The Morgan fingerprint density at radius 1 is 1.25 bits per heavy atom. The summed E-state index contributed by atoms with van der Waals surface area (Å²) in [6, 6.07) is 0. The Bertz CT molecular complexity index is 660. The van der Waals surface area contributed by atoms with Gasteiger partial charge in [-0.25, -0.2) is 4.98 Å². The van der Waals surface area contributed by atoms with E-state index in [2.05, 4.69) is 21.1 Å². The minimum Gasteiger partial charge on any atom is -0.419 e. The van der Waals surface area contributed by atoms with E-state index in [1.807, 2.05) is 44.5 Å². The second-order valence-electron chi connectivity index (χ2n) is 3.57. The molecule has 0 spiro atoms. The van der Waals surface area contributed by atoms with Crippen LogP contribution < -0.4 is 0 Å². The van der Waals surface area contributed by atoms with Gasteiger partial charge in [-0.1, -0.05) is 20.0 Å². The van der Waals surface area contributed by atoms with Crippen molar-refractivity contribution in [2.45, 2.75) is 27.7 Å². The number of fused-ring (bicyclic) bond motifs is 1. The molecule has 20 heavy (non-hydrogen) atoms. The van der Waals surface area contributed by atoms with Crippen molar-refractivity contribution in [2.24, 2.45) is 0 Å². The molecule has 1 radical (unpaired) electrons. The second-order valence-corrected chi connectivity index (χ2v) is 4.77. The van der Waals surface area contributed by atoms with Gasteiger partial charge in [0.1, 0.15) is 0 Å². The molecule has 0 saturated carbocycles. The molecule has 0 aliphatic rings. The van der Waals surface area contributed by atoms with Crippen LogP contribution in [-0.2, 0) is 32.7 Å². The van der Waals surface area contributed by atoms with Gasteiger partial charge in [-0.2, -0.15) is 0 Å². The molecule has 0 atom stereocenters. The average Bonchev–Trinajstić information content (AvgIpc) is 2.97. The molecule has 3 aromatic rings. The van der Waals surface area contributed by atoms with Crippen molar-refractivity contribution in [2.75, 3.05) is 0 Å². The molecule has 6 heteroatoms. The van der Waals surface area contributed by atoms with Gasteiger partial charge in [0.05, 0.1) is 21.4 Å². The summed E-state index contributed by atoms with van der Waals surface area (Å²) in [5.41, 5.74) is 2.12. The molecule has 0 aliphatic carbocycles. The summed E-state index contributed by atoms with van der Waals surface area (Å²) in [7, 11) is 0. The normalized spacial score (nSPS) is 9.20. The number of thiazole rings is 1. The van der Waals surface area contributed by atoms with Crippen molar-refractivity contribution in [3.8, 4) is 10.4 Å². The monoisotopic (exact) mass is 363 g/mol. The zero-order valence-electron chi connectivity index (χ0n) is 12.5. The third-order valence-electron chi connectivity index (χ3n) is 2.36. The van der Waals surface area contributed by atoms with Crippen LogP contribution >= 0.6 is 11.3 Å². The van der Waals surface area contributed by atoms with Gasteiger partial charge in [-0.15, -0.1) is 17.5 Å². The standard InChI is InChI=1S/C11H9N4S.C2H6.CH3.Y/c1-7-10(16-8(2)14-7)9-5-13-11-12-3-4-15(11)6-9;1-2;;/h4-6H,1-2H3;1-2H3;1H3;/q-1;;-1;. The maximum Gasteiger partial charge on any atom is 0.0903 e. The van der Waals surface area contributed by atoms with E-state index in [0.29, 0.717) is 5.78 Å². The fourth-order valence-electron chi connectivity index (χ4n) is 1.68. The number of aromatic nitrogens is 4. The van der Waals surface area contributed by atoms with Crippen LogP contribution in [0.2, 0.25) is 0 Å². The predicted molar refractivity (Wildman–Crippen MR) is 80.2 cm³/mol. The van der Waals surface area contributed by atoms with Crippen LogP contribution in [0.25, 0.3) is 16.2 Å². The largest absolute Gasteiger partial charge is 0.419 e. The van der Waals surface area contributed by atoms with Crippen molar-refractivity contribution in [1.29, 1.82) is 0 Å². The van der Waals surface area contributed by atoms with Crippen molar-refractivity contribution in [3.63, 3.8) is 0 Å². The molecule has 3 rings (SSSR count). The molecule has 0 N–H and O–H groups in total. The Labute approximate surface area is 149 Å². The predicted octanol–water partition coefficient (Wildman–Crippen LogP) is 3.74. The number of aryl methyl sites for hydroxylation is 2. The molecule has 0 amide bonds. The van der Waals surface area contributed by atoms with Crippen LogP contribution in [0.4, 0.5) is 0 Å². The Morgan fingerprint density at radius 2 is 1.95 bits per heavy atom. The fourth-order valence-corrected chi connectivity index (χ4v) is 2.58. The summed E-state index contributed by atoms with van der Waals surface area (Å²) < 4.78 is 1.86. The Morgan fingerprint density at radius 3 is 2.55 bits per heavy atom. The molecular weight excluding hydrogens is 345 g/mol. The Kier molecular flexibility index (Phi) is 8.32. The SMILES string of the molecule is CC.Cc1nc(C)c(-c2cnc3n[c-]cn3c2)s1.[CH3-].[Y]. The van der Waals surface area contributed by atoms with E-state index >= 15 is 0 Å². The Hall–Kier alpha value is -0.646. The van der Waals surface area contributed by atoms with Gasteiger partial charge in [0.25, 0.3) is 0 Å². The zero-order chi connectivity index (χ0) is 13.1. The van der Waals surface area contributed by atoms with Crippen LogP contribution in [-0.4, -0.2) is 19.4 Å². The first-order chi connectivity index (χ1) is 8.74. The molecule has 0 bridgehead atoms. The number of hydrogen-bond acceptors (Lipinski definition) is 4. The van der Waals surface area contributed by atoms with Crippen LogP contribution in [0.1, 0.15) is 24.5 Å². The maximum absolute atomic E-state index is 4.41. The average molecular weight is 363 g/mol. The van der Waals surface area contributed by atoms with E-state index in [-0.39, 0.29) is 40.1 Å². The molecule has 3 aromatic heterocycles. The quantitative estimate of drug-likeness (QED) is 0.619. The summed E-state index contributed by atoms with van der Waals surface area (Å²) in [6.07, 6.45) is 8.38. The minimum absolute atomic E-state index is 0. The van der Waals surface area contributed by atoms with Gasteiger partial charge in [0, 0.05) is 50.7 Å². The van der Waals surface area contributed by atoms with E-state index in [1.54, 1.807) is 17.5 Å². The molecule has 0 aromatic carbocycles. The van der Waals surface area contributed by atoms with E-state index in [0.717, 1.165) is 16.3 Å². The van der Waals surface area contributed by atoms with Gasteiger partial charge in [-0.3, -0.25) is 0 Å². The maximum atomic E-state index is 4.41. The number of hydrogen-bond donors (Lipinski definition) is 0. The van der Waals surface area contributed by atoms with Crippen molar-refractivity contribution >= 4 is 17.1 Å². The van der Waals surface area contributed by atoms with Crippen LogP contribution in [0.3, 0.4) is 0 Å². The first kappa shape index (κ1) is 19.4. The van der Waals surface area contributed by atoms with Crippen molar-refractivity contribution in [3.05, 3.63) is 42.9 Å². The van der Waals surface area contributed by atoms with E-state index in [9.17, 15) is 0 Å². The zero-order valence-corrected chi connectivity index (χ0v) is 16.2. The van der Waals surface area contributed by atoms with E-state index < -0.39 is 0 Å². The fraction of sp³-hybridized carbons (Fsp3) is 0.286. The number of rotatable bonds is 1. The number of nitrogens with zero attached hydrogens (tertiary/aromatic N) is 4. The third kappa shape index (κ3) is 3.93. The summed E-state index contributed by atoms with van der Waals surface area (Å²) >= 11 is 1.68. The van der Waals surface area contributed by atoms with Gasteiger partial charge in [0.15, 0.2) is 0 Å². The first-order valence-electron chi connectivity index (χ1n) is 5.89. The molecule has 0 aliphatic heterocycles. The summed E-state index contributed by atoms with van der Waals surface area (Å²) in [5, 5.41) is 1.07. The smallest absolute Gasteiger partial charge is 0.0903 e. The van der Waals surface area contributed by atoms with E-state index in [4.69, 9.17) is 0 Å². The van der Waals surface area contributed by atoms with E-state index in [1.165, 1.54) is 4.88 Å². The summed E-state index contributed by atoms with van der Waals surface area (Å²) in [6.45, 7) is 8.03. The minimum atomic E-state index is 0. The van der Waals surface area contributed by atoms with Crippen LogP contribution in [0.15, 0.2) is 18.6 Å². The molecule has 4 nitrogen and oxygen atoms in total. The third-order valence-corrected chi connectivity index (χ3v) is 3.48. The van der Waals surface area contributed by atoms with Crippen molar-refractivity contribution in [1.82, 2.24) is 19.4 Å². The summed E-state index contributed by atoms with van der Waals surface area (Å²) in [5.74, 6) is 0.669. The van der Waals surface area contributed by atoms with Gasteiger partial charge in [-0.05, 0) is 13.8 Å². The molecule has 0 saturated heterocycles. The van der Waals surface area contributed by atoms with Crippen LogP contribution in [0.5, 0.6) is 0 Å². The number of imidazole rings is 1. The second kappa shape index (κ2) is 8.60. The topological polar surface area (TPSA) is 43.1 Å². The molecule has 0 fully saturated rings. The molecule has 3 heterocycles. The summed E-state index contributed by atoms with van der Waals surface area (Å²) in [4.78, 5) is 13.8. The van der Waals surface area contributed by atoms with Crippen molar-refractivity contribution < 1.29 is 32.7 Å². The van der Waals surface area contributed by atoms with Crippen LogP contribution in [0, 0.1) is 27.5 Å². The molecule has 0 unspecified atom stereocenters. The van der Waals surface area contributed by atoms with Gasteiger partial charge in [0.2, 0.25) is 0 Å². The first-order valence-corrected chi connectivity index (χ1v) is 6.71. The molecule has 105 valence electrons. The Balaban J connectivity index is 0.000000866. The van der Waals surface area contributed by atoms with Gasteiger partial charge < -0.3 is 21.8 Å².